The third kappa shape index (κ3) is 2.54. The molecular weight excluding hydrogens is 308 g/mol. The lowest BCUT2D eigenvalue weighted by Crippen LogP contribution is -2.38. The van der Waals surface area contributed by atoms with Crippen molar-refractivity contribution in [3.63, 3.8) is 0 Å². The maximum atomic E-state index is 12.0. The molecule has 0 spiro atoms. The van der Waals surface area contributed by atoms with Crippen LogP contribution < -0.4 is 9.47 Å². The molecule has 1 fully saturated rings. The van der Waals surface area contributed by atoms with Gasteiger partial charge in [0, 0.05) is 10.6 Å². The monoisotopic (exact) mass is 326 g/mol. The summed E-state index contributed by atoms with van der Waals surface area (Å²) in [6.45, 7) is 0. The van der Waals surface area contributed by atoms with Gasteiger partial charge in [0.1, 0.15) is 0 Å². The van der Waals surface area contributed by atoms with E-state index in [0.717, 1.165) is 19.3 Å². The lowest BCUT2D eigenvalue weighted by atomic mass is 9.69. The first-order valence-corrected chi connectivity index (χ1v) is 7.53. The average molecular weight is 327 g/mol. The minimum Gasteiger partial charge on any atom is -0.492 e. The molecule has 0 aromatic heterocycles. The summed E-state index contributed by atoms with van der Waals surface area (Å²) in [5.41, 5.74) is -0.453. The number of ether oxygens (including phenoxy) is 2. The number of carboxylic acid groups (broad SMARTS) is 1. The van der Waals surface area contributed by atoms with Crippen molar-refractivity contribution < 1.29 is 24.2 Å². The Hall–Kier alpha value is -1.75. The minimum absolute atomic E-state index is 0.225. The van der Waals surface area contributed by atoms with E-state index in [0.29, 0.717) is 24.7 Å². The zero-order valence-electron chi connectivity index (χ0n) is 12.6. The van der Waals surface area contributed by atoms with Crippen LogP contribution >= 0.6 is 11.6 Å². The van der Waals surface area contributed by atoms with Crippen molar-refractivity contribution >= 4 is 23.9 Å². The SMILES string of the molecule is COc1c(C=O)cc(Cl)c(C2(C(=O)O)CCCCC2)c1OC. The van der Waals surface area contributed by atoms with Crippen LogP contribution in [0.5, 0.6) is 11.5 Å². The van der Waals surface area contributed by atoms with E-state index < -0.39 is 11.4 Å². The smallest absolute Gasteiger partial charge is 0.314 e. The van der Waals surface area contributed by atoms with E-state index in [1.165, 1.54) is 20.3 Å². The van der Waals surface area contributed by atoms with Gasteiger partial charge in [0.25, 0.3) is 0 Å². The number of carboxylic acids is 1. The molecule has 0 heterocycles. The van der Waals surface area contributed by atoms with Gasteiger partial charge >= 0.3 is 5.97 Å². The maximum Gasteiger partial charge on any atom is 0.314 e. The molecule has 1 aliphatic rings. The Labute approximate surface area is 134 Å². The standard InChI is InChI=1S/C16H19ClO5/c1-21-13-10(9-18)8-11(17)12(14(13)22-2)16(15(19)20)6-4-3-5-7-16/h8-9H,3-7H2,1-2H3,(H,19,20). The van der Waals surface area contributed by atoms with Gasteiger partial charge in [-0.25, -0.2) is 0 Å². The van der Waals surface area contributed by atoms with Crippen molar-refractivity contribution in [3.8, 4) is 11.5 Å². The van der Waals surface area contributed by atoms with Crippen LogP contribution in [0.25, 0.3) is 0 Å². The number of halogens is 1. The van der Waals surface area contributed by atoms with Gasteiger partial charge in [0.2, 0.25) is 0 Å². The summed E-state index contributed by atoms with van der Waals surface area (Å²) in [7, 11) is 2.83. The Morgan fingerprint density at radius 2 is 1.82 bits per heavy atom. The minimum atomic E-state index is -1.10. The van der Waals surface area contributed by atoms with E-state index in [2.05, 4.69) is 0 Å². The lowest BCUT2D eigenvalue weighted by Gasteiger charge is -2.35. The largest absolute Gasteiger partial charge is 0.492 e. The molecule has 6 heteroatoms. The highest BCUT2D eigenvalue weighted by Crippen LogP contribution is 2.50. The lowest BCUT2D eigenvalue weighted by molar-refractivity contribution is -0.145. The Bertz CT molecular complexity index is 591. The van der Waals surface area contributed by atoms with Crippen molar-refractivity contribution in [3.05, 3.63) is 22.2 Å². The summed E-state index contributed by atoms with van der Waals surface area (Å²) in [6, 6.07) is 1.45. The Kier molecular flexibility index (Phi) is 4.96. The Balaban J connectivity index is 2.77. The molecular formula is C16H19ClO5. The van der Waals surface area contributed by atoms with Crippen molar-refractivity contribution in [1.29, 1.82) is 0 Å². The first-order chi connectivity index (χ1) is 10.5. The van der Waals surface area contributed by atoms with Gasteiger partial charge in [-0.15, -0.1) is 0 Å². The molecule has 0 unspecified atom stereocenters. The molecule has 0 amide bonds. The second kappa shape index (κ2) is 6.57. The van der Waals surface area contributed by atoms with E-state index in [9.17, 15) is 14.7 Å². The topological polar surface area (TPSA) is 72.8 Å². The summed E-state index contributed by atoms with van der Waals surface area (Å²) in [4.78, 5) is 23.2. The normalized spacial score (nSPS) is 16.9. The quantitative estimate of drug-likeness (QED) is 0.839. The zero-order valence-corrected chi connectivity index (χ0v) is 13.4. The number of aliphatic carboxylic acids is 1. The molecule has 120 valence electrons. The first-order valence-electron chi connectivity index (χ1n) is 7.15. The number of carbonyl (C=O) groups is 2. The van der Waals surface area contributed by atoms with Crippen LogP contribution in [-0.2, 0) is 10.2 Å². The van der Waals surface area contributed by atoms with Crippen LogP contribution in [0.4, 0.5) is 0 Å². The molecule has 1 aromatic rings. The predicted octanol–water partition coefficient (Wildman–Crippen LogP) is 3.46. The third-order valence-electron chi connectivity index (χ3n) is 4.35. The highest BCUT2D eigenvalue weighted by atomic mass is 35.5. The predicted molar refractivity (Wildman–Crippen MR) is 82.3 cm³/mol. The molecule has 0 atom stereocenters. The number of methoxy groups -OCH3 is 2. The zero-order chi connectivity index (χ0) is 16.3. The van der Waals surface area contributed by atoms with Crippen LogP contribution in [0.2, 0.25) is 5.02 Å². The van der Waals surface area contributed by atoms with E-state index in [1.54, 1.807) is 0 Å². The summed E-state index contributed by atoms with van der Waals surface area (Å²) in [6.07, 6.45) is 4.21. The average Bonchev–Trinajstić information content (AvgIpc) is 2.53. The molecule has 1 aliphatic carbocycles. The van der Waals surface area contributed by atoms with Gasteiger partial charge in [0.05, 0.1) is 25.2 Å². The highest BCUT2D eigenvalue weighted by Gasteiger charge is 2.46. The molecule has 1 N–H and O–H groups in total. The molecule has 1 saturated carbocycles. The van der Waals surface area contributed by atoms with Crippen LogP contribution in [0.3, 0.4) is 0 Å². The summed E-state index contributed by atoms with van der Waals surface area (Å²) in [5, 5.41) is 10.1. The van der Waals surface area contributed by atoms with E-state index in [-0.39, 0.29) is 22.1 Å². The number of carbonyl (C=O) groups excluding carboxylic acids is 1. The summed E-state index contributed by atoms with van der Waals surface area (Å²) in [5.74, 6) is -0.460. The second-order valence-corrected chi connectivity index (χ2v) is 5.86. The molecule has 5 nitrogen and oxygen atoms in total. The number of hydrogen-bond acceptors (Lipinski definition) is 4. The van der Waals surface area contributed by atoms with Gasteiger partial charge < -0.3 is 14.6 Å². The molecule has 1 aromatic carbocycles. The molecule has 0 radical (unpaired) electrons. The number of hydrogen-bond donors (Lipinski definition) is 1. The molecule has 0 bridgehead atoms. The first kappa shape index (κ1) is 16.6. The number of aldehydes is 1. The maximum absolute atomic E-state index is 12.0. The van der Waals surface area contributed by atoms with Crippen LogP contribution in [0.1, 0.15) is 48.0 Å². The summed E-state index contributed by atoms with van der Waals surface area (Å²) < 4.78 is 10.6. The van der Waals surface area contributed by atoms with Crippen molar-refractivity contribution in [2.45, 2.75) is 37.5 Å². The van der Waals surface area contributed by atoms with Crippen molar-refractivity contribution in [1.82, 2.24) is 0 Å². The van der Waals surface area contributed by atoms with Crippen molar-refractivity contribution in [2.75, 3.05) is 14.2 Å². The third-order valence-corrected chi connectivity index (χ3v) is 4.64. The fourth-order valence-electron chi connectivity index (χ4n) is 3.29. The van der Waals surface area contributed by atoms with Crippen LogP contribution in [-0.4, -0.2) is 31.6 Å². The van der Waals surface area contributed by atoms with Gasteiger partial charge in [-0.3, -0.25) is 9.59 Å². The van der Waals surface area contributed by atoms with Gasteiger partial charge in [-0.1, -0.05) is 30.9 Å². The molecule has 0 saturated heterocycles. The Morgan fingerprint density at radius 1 is 1.23 bits per heavy atom. The van der Waals surface area contributed by atoms with Crippen LogP contribution in [0, 0.1) is 0 Å². The summed E-state index contributed by atoms with van der Waals surface area (Å²) >= 11 is 6.33. The van der Waals surface area contributed by atoms with Crippen molar-refractivity contribution in [2.24, 2.45) is 0 Å². The van der Waals surface area contributed by atoms with E-state index in [4.69, 9.17) is 21.1 Å². The Morgan fingerprint density at radius 3 is 2.27 bits per heavy atom. The number of rotatable bonds is 5. The molecule has 22 heavy (non-hydrogen) atoms. The fourth-order valence-corrected chi connectivity index (χ4v) is 3.68. The number of benzene rings is 1. The fraction of sp³-hybridized carbons (Fsp3) is 0.500. The van der Waals surface area contributed by atoms with Gasteiger partial charge in [-0.2, -0.15) is 0 Å². The molecule has 2 rings (SSSR count). The van der Waals surface area contributed by atoms with Gasteiger partial charge in [0.15, 0.2) is 17.8 Å². The van der Waals surface area contributed by atoms with Crippen LogP contribution in [0.15, 0.2) is 6.07 Å². The van der Waals surface area contributed by atoms with Gasteiger partial charge in [-0.05, 0) is 18.9 Å². The second-order valence-electron chi connectivity index (χ2n) is 5.45. The molecule has 0 aliphatic heterocycles. The highest BCUT2D eigenvalue weighted by molar-refractivity contribution is 6.32. The van der Waals surface area contributed by atoms with E-state index >= 15 is 0 Å². The van der Waals surface area contributed by atoms with E-state index in [1.807, 2.05) is 0 Å².